The highest BCUT2D eigenvalue weighted by molar-refractivity contribution is 6.03. The highest BCUT2D eigenvalue weighted by atomic mass is 16.2. The first kappa shape index (κ1) is 15.5. The summed E-state index contributed by atoms with van der Waals surface area (Å²) in [6, 6.07) is 16.7. The van der Waals surface area contributed by atoms with E-state index in [9.17, 15) is 4.79 Å². The van der Waals surface area contributed by atoms with E-state index in [2.05, 4.69) is 67.5 Å². The largest absolute Gasteiger partial charge is 0.273 e. The van der Waals surface area contributed by atoms with E-state index in [0.29, 0.717) is 6.42 Å². The van der Waals surface area contributed by atoms with Crippen LogP contribution < -0.4 is 0 Å². The summed E-state index contributed by atoms with van der Waals surface area (Å²) in [4.78, 5) is 12.3. The van der Waals surface area contributed by atoms with Gasteiger partial charge < -0.3 is 0 Å². The molecule has 2 aromatic carbocycles. The lowest BCUT2D eigenvalue weighted by molar-refractivity contribution is -0.132. The van der Waals surface area contributed by atoms with Gasteiger partial charge in [-0.25, -0.2) is 5.01 Å². The van der Waals surface area contributed by atoms with Crippen LogP contribution in [0.2, 0.25) is 0 Å². The number of amides is 1. The average Bonchev–Trinajstić information content (AvgIpc) is 3.00. The van der Waals surface area contributed by atoms with E-state index in [0.717, 1.165) is 23.3 Å². The minimum Gasteiger partial charge on any atom is -0.273 e. The zero-order chi connectivity index (χ0) is 16.4. The van der Waals surface area contributed by atoms with E-state index >= 15 is 0 Å². The topological polar surface area (TPSA) is 32.7 Å². The number of benzene rings is 2. The molecule has 0 aliphatic carbocycles. The molecule has 0 saturated carbocycles. The highest BCUT2D eigenvalue weighted by Gasteiger charge is 2.32. The van der Waals surface area contributed by atoms with Crippen LogP contribution in [-0.4, -0.2) is 16.6 Å². The van der Waals surface area contributed by atoms with Gasteiger partial charge in [-0.15, -0.1) is 0 Å². The van der Waals surface area contributed by atoms with Crippen molar-refractivity contribution >= 4 is 11.6 Å². The van der Waals surface area contributed by atoms with Crippen LogP contribution in [0, 0.1) is 13.8 Å². The van der Waals surface area contributed by atoms with Crippen molar-refractivity contribution in [2.24, 2.45) is 5.10 Å². The lowest BCUT2D eigenvalue weighted by Crippen LogP contribution is -2.26. The van der Waals surface area contributed by atoms with Gasteiger partial charge in [0.05, 0.1) is 11.8 Å². The van der Waals surface area contributed by atoms with Gasteiger partial charge in [0.15, 0.2) is 0 Å². The Bertz CT molecular complexity index is 729. The Balaban J connectivity index is 1.93. The van der Waals surface area contributed by atoms with E-state index in [1.54, 1.807) is 5.01 Å². The first-order valence-electron chi connectivity index (χ1n) is 8.11. The molecule has 0 bridgehead atoms. The van der Waals surface area contributed by atoms with Crippen LogP contribution in [0.5, 0.6) is 0 Å². The van der Waals surface area contributed by atoms with Gasteiger partial charge in [-0.1, -0.05) is 66.6 Å². The fourth-order valence-corrected chi connectivity index (χ4v) is 2.87. The van der Waals surface area contributed by atoms with Crippen LogP contribution in [0.4, 0.5) is 0 Å². The maximum atomic E-state index is 12.3. The molecule has 0 aromatic heterocycles. The second kappa shape index (κ2) is 6.37. The highest BCUT2D eigenvalue weighted by Crippen LogP contribution is 2.33. The number of hydrogen-bond acceptors (Lipinski definition) is 2. The van der Waals surface area contributed by atoms with Gasteiger partial charge in [0.2, 0.25) is 5.91 Å². The summed E-state index contributed by atoms with van der Waals surface area (Å²) in [6.45, 7) is 6.03. The molecule has 0 radical (unpaired) electrons. The third kappa shape index (κ3) is 3.19. The van der Waals surface area contributed by atoms with Crippen molar-refractivity contribution in [2.75, 3.05) is 0 Å². The zero-order valence-corrected chi connectivity index (χ0v) is 13.9. The Hall–Kier alpha value is -2.42. The molecular formula is C20H22N2O. The number of rotatable bonds is 3. The molecule has 0 fully saturated rings. The van der Waals surface area contributed by atoms with Crippen molar-refractivity contribution in [3.05, 3.63) is 70.8 Å². The molecule has 0 N–H and O–H groups in total. The van der Waals surface area contributed by atoms with Crippen molar-refractivity contribution < 1.29 is 4.79 Å². The molecule has 1 aliphatic heterocycles. The number of carbonyl (C=O) groups excluding carboxylic acids is 1. The quantitative estimate of drug-likeness (QED) is 0.827. The summed E-state index contributed by atoms with van der Waals surface area (Å²) in [7, 11) is 0. The number of hydrogen-bond donors (Lipinski definition) is 0. The molecule has 118 valence electrons. The number of carbonyl (C=O) groups is 1. The van der Waals surface area contributed by atoms with Gasteiger partial charge >= 0.3 is 0 Å². The van der Waals surface area contributed by atoms with Crippen LogP contribution in [0.1, 0.15) is 48.1 Å². The van der Waals surface area contributed by atoms with E-state index in [4.69, 9.17) is 0 Å². The van der Waals surface area contributed by atoms with Crippen molar-refractivity contribution in [1.82, 2.24) is 5.01 Å². The van der Waals surface area contributed by atoms with E-state index in [-0.39, 0.29) is 11.9 Å². The van der Waals surface area contributed by atoms with Crippen LogP contribution in [-0.2, 0) is 4.79 Å². The second-order valence-electron chi connectivity index (χ2n) is 6.14. The molecule has 1 amide bonds. The number of aryl methyl sites for hydroxylation is 2. The summed E-state index contributed by atoms with van der Waals surface area (Å²) in [5, 5.41) is 6.31. The van der Waals surface area contributed by atoms with Crippen molar-refractivity contribution in [3.8, 4) is 0 Å². The first-order chi connectivity index (χ1) is 11.1. The van der Waals surface area contributed by atoms with Gasteiger partial charge in [0.25, 0.3) is 0 Å². The summed E-state index contributed by atoms with van der Waals surface area (Å²) in [5.74, 6) is 0.0673. The third-order valence-electron chi connectivity index (χ3n) is 4.32. The molecule has 3 heteroatoms. The van der Waals surface area contributed by atoms with Gasteiger partial charge in [-0.2, -0.15) is 5.10 Å². The smallest absolute Gasteiger partial charge is 0.242 e. The van der Waals surface area contributed by atoms with Crippen LogP contribution in [0.15, 0.2) is 53.6 Å². The lowest BCUT2D eigenvalue weighted by atomic mass is 9.97. The number of hydrazone groups is 1. The first-order valence-corrected chi connectivity index (χ1v) is 8.11. The van der Waals surface area contributed by atoms with E-state index in [1.165, 1.54) is 11.1 Å². The minimum absolute atomic E-state index is 0.000599. The van der Waals surface area contributed by atoms with Crippen LogP contribution in [0.3, 0.4) is 0 Å². The Morgan fingerprint density at radius 3 is 2.17 bits per heavy atom. The SMILES string of the molecule is CCC(=O)N1N=C(c2ccc(C)cc2)CC1c1ccc(C)cc1. The fourth-order valence-electron chi connectivity index (χ4n) is 2.87. The molecule has 3 rings (SSSR count). The summed E-state index contributed by atoms with van der Waals surface area (Å²) in [5.41, 5.74) is 5.67. The molecule has 23 heavy (non-hydrogen) atoms. The molecule has 1 unspecified atom stereocenters. The monoisotopic (exact) mass is 306 g/mol. The maximum absolute atomic E-state index is 12.3. The normalized spacial score (nSPS) is 17.3. The minimum atomic E-state index is -0.000599. The van der Waals surface area contributed by atoms with E-state index in [1.807, 2.05) is 6.92 Å². The van der Waals surface area contributed by atoms with Gasteiger partial charge in [0, 0.05) is 12.8 Å². The Morgan fingerprint density at radius 1 is 1.04 bits per heavy atom. The summed E-state index contributed by atoms with van der Waals surface area (Å²) in [6.07, 6.45) is 1.23. The summed E-state index contributed by atoms with van der Waals surface area (Å²) < 4.78 is 0. The molecule has 1 heterocycles. The second-order valence-corrected chi connectivity index (χ2v) is 6.14. The fraction of sp³-hybridized carbons (Fsp3) is 0.300. The molecule has 1 aliphatic rings. The molecule has 1 atom stereocenters. The predicted molar refractivity (Wildman–Crippen MR) is 93.4 cm³/mol. The molecule has 0 saturated heterocycles. The lowest BCUT2D eigenvalue weighted by Gasteiger charge is -2.21. The summed E-state index contributed by atoms with van der Waals surface area (Å²) >= 11 is 0. The van der Waals surface area contributed by atoms with Crippen molar-refractivity contribution in [3.63, 3.8) is 0 Å². The Kier molecular flexibility index (Phi) is 4.28. The molecule has 2 aromatic rings. The number of nitrogens with zero attached hydrogens (tertiary/aromatic N) is 2. The molecular weight excluding hydrogens is 284 g/mol. The average molecular weight is 306 g/mol. The van der Waals surface area contributed by atoms with Gasteiger partial charge in [-0.3, -0.25) is 4.79 Å². The molecule has 0 spiro atoms. The maximum Gasteiger partial charge on any atom is 0.242 e. The molecule has 3 nitrogen and oxygen atoms in total. The van der Waals surface area contributed by atoms with E-state index < -0.39 is 0 Å². The van der Waals surface area contributed by atoms with Gasteiger partial charge in [0.1, 0.15) is 0 Å². The third-order valence-corrected chi connectivity index (χ3v) is 4.32. The predicted octanol–water partition coefficient (Wildman–Crippen LogP) is 4.39. The van der Waals surface area contributed by atoms with Crippen molar-refractivity contribution in [2.45, 2.75) is 39.7 Å². The Morgan fingerprint density at radius 2 is 1.61 bits per heavy atom. The van der Waals surface area contributed by atoms with Crippen LogP contribution in [0.25, 0.3) is 0 Å². The van der Waals surface area contributed by atoms with Crippen molar-refractivity contribution in [1.29, 1.82) is 0 Å². The zero-order valence-electron chi connectivity index (χ0n) is 13.9. The standard InChI is InChI=1S/C20H22N2O/c1-4-20(23)22-19(17-11-7-15(3)8-12-17)13-18(21-22)16-9-5-14(2)6-10-16/h5-12,19H,4,13H2,1-3H3. The van der Waals surface area contributed by atoms with Crippen LogP contribution >= 0.6 is 0 Å². The Labute approximate surface area is 137 Å². The van der Waals surface area contributed by atoms with Gasteiger partial charge in [-0.05, 0) is 25.0 Å².